The summed E-state index contributed by atoms with van der Waals surface area (Å²) in [6.07, 6.45) is -0.964. The number of urea groups is 1. The maximum atomic E-state index is 14.1. The van der Waals surface area contributed by atoms with E-state index in [1.165, 1.54) is 31.9 Å². The SMILES string of the molecule is CC(=O)OC(C1=C(C)N(C)C(=O)N(C(C)=O)C1c1ccc(F)c(F)c1)c1ccccc1. The third-order valence-corrected chi connectivity index (χ3v) is 5.23. The lowest BCUT2D eigenvalue weighted by Gasteiger charge is -2.43. The second-order valence-corrected chi connectivity index (χ2v) is 7.25. The fourth-order valence-electron chi connectivity index (χ4n) is 3.71. The molecule has 0 spiro atoms. The standard InChI is InChI=1S/C23H22F2N2O4/c1-13-20(22(31-15(3)29)16-8-6-5-7-9-16)21(17-10-11-18(24)19(25)12-17)27(14(2)28)23(30)26(13)4/h5-12,21-22H,1-4H3. The molecule has 0 bridgehead atoms. The maximum Gasteiger partial charge on any atom is 0.331 e. The Morgan fingerprint density at radius 1 is 1.03 bits per heavy atom. The fourth-order valence-corrected chi connectivity index (χ4v) is 3.71. The minimum Gasteiger partial charge on any atom is -0.453 e. The number of amides is 3. The molecular weight excluding hydrogens is 406 g/mol. The van der Waals surface area contributed by atoms with Crippen LogP contribution in [0.2, 0.25) is 0 Å². The lowest BCUT2D eigenvalue weighted by molar-refractivity contribution is -0.145. The molecule has 0 aromatic heterocycles. The van der Waals surface area contributed by atoms with Gasteiger partial charge >= 0.3 is 12.0 Å². The second-order valence-electron chi connectivity index (χ2n) is 7.25. The summed E-state index contributed by atoms with van der Waals surface area (Å²) >= 11 is 0. The Bertz CT molecular complexity index is 1070. The number of hydrogen-bond donors (Lipinski definition) is 0. The Hall–Kier alpha value is -3.55. The lowest BCUT2D eigenvalue weighted by atomic mass is 9.86. The first kappa shape index (κ1) is 22.1. The molecule has 1 heterocycles. The number of esters is 1. The van der Waals surface area contributed by atoms with Crippen molar-refractivity contribution in [2.45, 2.75) is 32.9 Å². The Morgan fingerprint density at radius 3 is 2.23 bits per heavy atom. The second kappa shape index (κ2) is 8.67. The van der Waals surface area contributed by atoms with Gasteiger partial charge in [0.05, 0.1) is 6.04 Å². The summed E-state index contributed by atoms with van der Waals surface area (Å²) in [5, 5.41) is 0. The highest BCUT2D eigenvalue weighted by atomic mass is 19.2. The van der Waals surface area contributed by atoms with Crippen LogP contribution < -0.4 is 0 Å². The minimum atomic E-state index is -1.12. The van der Waals surface area contributed by atoms with Gasteiger partial charge in [-0.1, -0.05) is 36.4 Å². The van der Waals surface area contributed by atoms with Gasteiger partial charge in [0.25, 0.3) is 0 Å². The van der Waals surface area contributed by atoms with E-state index in [4.69, 9.17) is 4.74 Å². The van der Waals surface area contributed by atoms with Crippen molar-refractivity contribution in [1.29, 1.82) is 0 Å². The first-order valence-corrected chi connectivity index (χ1v) is 9.58. The monoisotopic (exact) mass is 428 g/mol. The summed E-state index contributed by atoms with van der Waals surface area (Å²) < 4.78 is 33.4. The predicted octanol–water partition coefficient (Wildman–Crippen LogP) is 4.50. The summed E-state index contributed by atoms with van der Waals surface area (Å²) in [4.78, 5) is 39.7. The van der Waals surface area contributed by atoms with Crippen LogP contribution in [0.4, 0.5) is 13.6 Å². The summed E-state index contributed by atoms with van der Waals surface area (Å²) in [5.74, 6) is -3.34. The number of carbonyl (C=O) groups excluding carboxylic acids is 3. The highest BCUT2D eigenvalue weighted by Crippen LogP contribution is 2.44. The molecule has 1 aliphatic rings. The number of halogens is 2. The molecule has 0 saturated heterocycles. The van der Waals surface area contributed by atoms with Crippen LogP contribution in [0, 0.1) is 11.6 Å². The van der Waals surface area contributed by atoms with Crippen LogP contribution in [0.5, 0.6) is 0 Å². The Labute approximate surface area is 178 Å². The van der Waals surface area contributed by atoms with Crippen molar-refractivity contribution in [3.05, 3.63) is 82.6 Å². The molecule has 3 rings (SSSR count). The van der Waals surface area contributed by atoms with E-state index < -0.39 is 41.7 Å². The van der Waals surface area contributed by atoms with Crippen LogP contribution in [0.3, 0.4) is 0 Å². The van der Waals surface area contributed by atoms with E-state index >= 15 is 0 Å². The largest absolute Gasteiger partial charge is 0.453 e. The van der Waals surface area contributed by atoms with Gasteiger partial charge in [-0.2, -0.15) is 0 Å². The van der Waals surface area contributed by atoms with Crippen LogP contribution in [0.1, 0.15) is 44.0 Å². The molecular formula is C23H22F2N2O4. The zero-order valence-electron chi connectivity index (χ0n) is 17.6. The van der Waals surface area contributed by atoms with Crippen LogP contribution in [0.15, 0.2) is 59.8 Å². The number of imide groups is 1. The van der Waals surface area contributed by atoms with E-state index in [0.29, 0.717) is 16.8 Å². The zero-order valence-corrected chi connectivity index (χ0v) is 17.6. The van der Waals surface area contributed by atoms with Crippen molar-refractivity contribution >= 4 is 17.9 Å². The lowest BCUT2D eigenvalue weighted by Crippen LogP contribution is -2.50. The predicted molar refractivity (Wildman–Crippen MR) is 108 cm³/mol. The van der Waals surface area contributed by atoms with Gasteiger partial charge in [-0.05, 0) is 30.2 Å². The molecule has 162 valence electrons. The average molecular weight is 428 g/mol. The number of ether oxygens (including phenoxy) is 1. The third-order valence-electron chi connectivity index (χ3n) is 5.23. The van der Waals surface area contributed by atoms with Crippen LogP contribution >= 0.6 is 0 Å². The molecule has 31 heavy (non-hydrogen) atoms. The van der Waals surface area contributed by atoms with Crippen LogP contribution in [0.25, 0.3) is 0 Å². The van der Waals surface area contributed by atoms with Gasteiger partial charge in [0.2, 0.25) is 5.91 Å². The number of benzene rings is 2. The highest BCUT2D eigenvalue weighted by molar-refractivity contribution is 5.96. The van der Waals surface area contributed by atoms with Gasteiger partial charge in [0.15, 0.2) is 17.7 Å². The van der Waals surface area contributed by atoms with Crippen molar-refractivity contribution < 1.29 is 27.9 Å². The Morgan fingerprint density at radius 2 is 1.68 bits per heavy atom. The van der Waals surface area contributed by atoms with E-state index in [0.717, 1.165) is 17.0 Å². The number of allylic oxidation sites excluding steroid dienone is 1. The van der Waals surface area contributed by atoms with E-state index in [1.807, 2.05) is 0 Å². The summed E-state index contributed by atoms with van der Waals surface area (Å²) in [6.45, 7) is 4.11. The van der Waals surface area contributed by atoms with E-state index in [-0.39, 0.29) is 5.56 Å². The third kappa shape index (κ3) is 4.19. The topological polar surface area (TPSA) is 66.9 Å². The molecule has 1 aliphatic heterocycles. The van der Waals surface area contributed by atoms with Gasteiger partial charge in [-0.3, -0.25) is 14.5 Å². The summed E-state index contributed by atoms with van der Waals surface area (Å²) in [6, 6.07) is 10.2. The van der Waals surface area contributed by atoms with Crippen molar-refractivity contribution in [3.8, 4) is 0 Å². The van der Waals surface area contributed by atoms with Crippen molar-refractivity contribution in [2.24, 2.45) is 0 Å². The molecule has 2 aromatic rings. The molecule has 0 radical (unpaired) electrons. The molecule has 3 amide bonds. The smallest absolute Gasteiger partial charge is 0.331 e. The molecule has 2 atom stereocenters. The van der Waals surface area contributed by atoms with Crippen molar-refractivity contribution in [1.82, 2.24) is 9.80 Å². The van der Waals surface area contributed by atoms with Gasteiger partial charge in [-0.15, -0.1) is 0 Å². The van der Waals surface area contributed by atoms with Crippen molar-refractivity contribution in [2.75, 3.05) is 7.05 Å². The zero-order chi connectivity index (χ0) is 22.9. The molecule has 0 fully saturated rings. The number of rotatable bonds is 4. The Kier molecular flexibility index (Phi) is 6.19. The van der Waals surface area contributed by atoms with E-state index in [2.05, 4.69) is 0 Å². The average Bonchev–Trinajstić information content (AvgIpc) is 2.72. The van der Waals surface area contributed by atoms with E-state index in [1.54, 1.807) is 37.3 Å². The number of hydrogen-bond acceptors (Lipinski definition) is 4. The van der Waals surface area contributed by atoms with Crippen molar-refractivity contribution in [3.63, 3.8) is 0 Å². The summed E-state index contributed by atoms with van der Waals surface area (Å²) in [5.41, 5.74) is 1.61. The van der Waals surface area contributed by atoms with Gasteiger partial charge < -0.3 is 9.64 Å². The van der Waals surface area contributed by atoms with Gasteiger partial charge in [0.1, 0.15) is 0 Å². The Balaban J connectivity index is 2.31. The van der Waals surface area contributed by atoms with Crippen LogP contribution in [-0.4, -0.2) is 34.8 Å². The molecule has 2 unspecified atom stereocenters. The minimum absolute atomic E-state index is 0.179. The molecule has 0 aliphatic carbocycles. The first-order valence-electron chi connectivity index (χ1n) is 9.58. The van der Waals surface area contributed by atoms with Gasteiger partial charge in [-0.25, -0.2) is 13.6 Å². The summed E-state index contributed by atoms with van der Waals surface area (Å²) in [7, 11) is 1.49. The normalized spacial score (nSPS) is 17.6. The highest BCUT2D eigenvalue weighted by Gasteiger charge is 2.44. The quantitative estimate of drug-likeness (QED) is 0.673. The molecule has 8 heteroatoms. The number of carbonyl (C=O) groups is 3. The van der Waals surface area contributed by atoms with E-state index in [9.17, 15) is 23.2 Å². The van der Waals surface area contributed by atoms with Gasteiger partial charge in [0, 0.05) is 32.2 Å². The first-order chi connectivity index (χ1) is 14.6. The molecule has 2 aromatic carbocycles. The maximum absolute atomic E-state index is 14.1. The number of nitrogens with zero attached hydrogens (tertiary/aromatic N) is 2. The fraction of sp³-hybridized carbons (Fsp3) is 0.261. The molecule has 6 nitrogen and oxygen atoms in total. The molecule has 0 N–H and O–H groups in total. The molecule has 0 saturated carbocycles. The van der Waals surface area contributed by atoms with Crippen LogP contribution in [-0.2, 0) is 14.3 Å².